The molecule has 0 bridgehead atoms. The summed E-state index contributed by atoms with van der Waals surface area (Å²) in [5.41, 5.74) is 1.23. The summed E-state index contributed by atoms with van der Waals surface area (Å²) >= 11 is 1.80. The third-order valence-corrected chi connectivity index (χ3v) is 3.99. The van der Waals surface area contributed by atoms with Crippen LogP contribution < -0.4 is 10.1 Å². The van der Waals surface area contributed by atoms with E-state index in [4.69, 9.17) is 4.74 Å². The van der Waals surface area contributed by atoms with E-state index >= 15 is 0 Å². The van der Waals surface area contributed by atoms with Crippen LogP contribution in [-0.2, 0) is 7.05 Å². The number of methoxy groups -OCH3 is 1. The molecule has 0 aliphatic rings. The van der Waals surface area contributed by atoms with Crippen molar-refractivity contribution in [3.8, 4) is 5.75 Å². The maximum atomic E-state index is 5.27. The summed E-state index contributed by atoms with van der Waals surface area (Å²) in [6.07, 6.45) is 3.92. The lowest BCUT2D eigenvalue weighted by molar-refractivity contribution is 0.413. The van der Waals surface area contributed by atoms with Gasteiger partial charge in [-0.1, -0.05) is 12.1 Å². The maximum Gasteiger partial charge on any atom is 0.119 e. The topological polar surface area (TPSA) is 39.1 Å². The molecule has 0 saturated heterocycles. The smallest absolute Gasteiger partial charge is 0.119 e. The van der Waals surface area contributed by atoms with Gasteiger partial charge >= 0.3 is 0 Å². The van der Waals surface area contributed by atoms with Gasteiger partial charge in [-0.15, -0.1) is 11.8 Å². The average Bonchev–Trinajstić information content (AvgIpc) is 2.85. The second-order valence-corrected chi connectivity index (χ2v) is 5.37. The Hall–Kier alpha value is -1.46. The normalized spacial score (nSPS) is 12.4. The molecule has 0 aliphatic carbocycles. The van der Waals surface area contributed by atoms with E-state index < -0.39 is 0 Å². The highest BCUT2D eigenvalue weighted by Gasteiger charge is 2.11. The van der Waals surface area contributed by atoms with E-state index in [1.54, 1.807) is 18.9 Å². The minimum absolute atomic E-state index is 0.292. The van der Waals surface area contributed by atoms with E-state index in [0.29, 0.717) is 6.04 Å². The molecular weight excluding hydrogens is 258 g/mol. The molecule has 0 radical (unpaired) electrons. The molecule has 1 aromatic heterocycles. The van der Waals surface area contributed by atoms with Crippen LogP contribution in [0.4, 0.5) is 0 Å². The van der Waals surface area contributed by atoms with Crippen LogP contribution in [-0.4, -0.2) is 29.7 Å². The van der Waals surface area contributed by atoms with E-state index in [1.807, 2.05) is 43.3 Å². The van der Waals surface area contributed by atoms with Gasteiger partial charge in [0.25, 0.3) is 0 Å². The Morgan fingerprint density at radius 1 is 1.47 bits per heavy atom. The van der Waals surface area contributed by atoms with Gasteiger partial charge < -0.3 is 10.1 Å². The number of nitrogens with one attached hydrogen (secondary N) is 1. The van der Waals surface area contributed by atoms with Gasteiger partial charge in [0.2, 0.25) is 0 Å². The lowest BCUT2D eigenvalue weighted by Crippen LogP contribution is -2.18. The number of hydrogen-bond donors (Lipinski definition) is 1. The molecule has 1 unspecified atom stereocenters. The fourth-order valence-corrected chi connectivity index (χ4v) is 2.92. The minimum atomic E-state index is 0.292. The highest BCUT2D eigenvalue weighted by Crippen LogP contribution is 2.26. The fourth-order valence-electron chi connectivity index (χ4n) is 1.86. The second-order valence-electron chi connectivity index (χ2n) is 4.28. The number of thioether (sulfide) groups is 1. The van der Waals surface area contributed by atoms with E-state index in [9.17, 15) is 0 Å². The van der Waals surface area contributed by atoms with Gasteiger partial charge in [0.1, 0.15) is 5.75 Å². The Morgan fingerprint density at radius 3 is 2.95 bits per heavy atom. The first-order valence-electron chi connectivity index (χ1n) is 6.15. The van der Waals surface area contributed by atoms with E-state index in [-0.39, 0.29) is 0 Å². The van der Waals surface area contributed by atoms with Crippen molar-refractivity contribution in [2.45, 2.75) is 10.9 Å². The third kappa shape index (κ3) is 3.75. The van der Waals surface area contributed by atoms with Gasteiger partial charge in [0.05, 0.1) is 13.3 Å². The van der Waals surface area contributed by atoms with Gasteiger partial charge in [-0.3, -0.25) is 4.68 Å². The molecule has 4 nitrogen and oxygen atoms in total. The number of aromatic nitrogens is 2. The SMILES string of the molecule is CNC(CSc1cnn(C)c1)c1cccc(OC)c1. The summed E-state index contributed by atoms with van der Waals surface area (Å²) in [4.78, 5) is 1.19. The number of ether oxygens (including phenoxy) is 1. The summed E-state index contributed by atoms with van der Waals surface area (Å²) in [6, 6.07) is 8.47. The lowest BCUT2D eigenvalue weighted by Gasteiger charge is -2.16. The van der Waals surface area contributed by atoms with Crippen LogP contribution >= 0.6 is 11.8 Å². The van der Waals surface area contributed by atoms with Gasteiger partial charge in [0, 0.05) is 29.9 Å². The van der Waals surface area contributed by atoms with Gasteiger partial charge in [0.15, 0.2) is 0 Å². The molecule has 1 heterocycles. The predicted molar refractivity (Wildman–Crippen MR) is 78.7 cm³/mol. The van der Waals surface area contributed by atoms with Crippen molar-refractivity contribution in [3.63, 3.8) is 0 Å². The minimum Gasteiger partial charge on any atom is -0.497 e. The van der Waals surface area contributed by atoms with Crippen LogP contribution in [0.2, 0.25) is 0 Å². The lowest BCUT2D eigenvalue weighted by atomic mass is 10.1. The highest BCUT2D eigenvalue weighted by atomic mass is 32.2. The zero-order valence-corrected chi connectivity index (χ0v) is 12.3. The fraction of sp³-hybridized carbons (Fsp3) is 0.357. The van der Waals surface area contributed by atoms with Crippen molar-refractivity contribution in [1.29, 1.82) is 0 Å². The van der Waals surface area contributed by atoms with E-state index in [2.05, 4.69) is 22.5 Å². The molecule has 0 saturated carbocycles. The molecular formula is C14H19N3OS. The quantitative estimate of drug-likeness (QED) is 0.823. The first-order valence-corrected chi connectivity index (χ1v) is 7.14. The van der Waals surface area contributed by atoms with E-state index in [0.717, 1.165) is 11.5 Å². The van der Waals surface area contributed by atoms with Crippen LogP contribution in [0.15, 0.2) is 41.6 Å². The molecule has 2 rings (SSSR count). The number of benzene rings is 1. The zero-order chi connectivity index (χ0) is 13.7. The van der Waals surface area contributed by atoms with Crippen molar-refractivity contribution < 1.29 is 4.74 Å². The second kappa shape index (κ2) is 6.63. The number of nitrogens with zero attached hydrogens (tertiary/aromatic N) is 2. The number of hydrogen-bond acceptors (Lipinski definition) is 4. The molecule has 0 fully saturated rings. The summed E-state index contributed by atoms with van der Waals surface area (Å²) in [6.45, 7) is 0. The first kappa shape index (κ1) is 14.0. The number of aryl methyl sites for hydroxylation is 1. The van der Waals surface area contributed by atoms with Crippen molar-refractivity contribution in [1.82, 2.24) is 15.1 Å². The van der Waals surface area contributed by atoms with Crippen LogP contribution in [0.25, 0.3) is 0 Å². The largest absolute Gasteiger partial charge is 0.497 e. The Labute approximate surface area is 118 Å². The van der Waals surface area contributed by atoms with Crippen molar-refractivity contribution >= 4 is 11.8 Å². The molecule has 0 spiro atoms. The summed E-state index contributed by atoms with van der Waals surface area (Å²) < 4.78 is 7.09. The maximum absolute atomic E-state index is 5.27. The Balaban J connectivity index is 2.02. The monoisotopic (exact) mass is 277 g/mol. The first-order chi connectivity index (χ1) is 9.22. The van der Waals surface area contributed by atoms with Crippen LogP contribution in [0.3, 0.4) is 0 Å². The number of rotatable bonds is 6. The molecule has 5 heteroatoms. The predicted octanol–water partition coefficient (Wildman–Crippen LogP) is 2.48. The van der Waals surface area contributed by atoms with Crippen molar-refractivity contribution in [2.75, 3.05) is 19.9 Å². The molecule has 1 aromatic carbocycles. The summed E-state index contributed by atoms with van der Waals surface area (Å²) in [5.74, 6) is 1.85. The van der Waals surface area contributed by atoms with Crippen molar-refractivity contribution in [3.05, 3.63) is 42.2 Å². The molecule has 102 valence electrons. The highest BCUT2D eigenvalue weighted by molar-refractivity contribution is 7.99. The molecule has 1 N–H and O–H groups in total. The van der Waals surface area contributed by atoms with Crippen LogP contribution in [0.5, 0.6) is 5.75 Å². The molecule has 0 amide bonds. The van der Waals surface area contributed by atoms with Gasteiger partial charge in [-0.25, -0.2) is 0 Å². The zero-order valence-electron chi connectivity index (χ0n) is 11.5. The van der Waals surface area contributed by atoms with Gasteiger partial charge in [-0.2, -0.15) is 5.10 Å². The standard InChI is InChI=1S/C14H19N3OS/c1-15-14(10-19-13-8-16-17(2)9-13)11-5-4-6-12(7-11)18-3/h4-9,14-15H,10H2,1-3H3. The molecule has 0 aliphatic heterocycles. The van der Waals surface area contributed by atoms with Crippen LogP contribution in [0.1, 0.15) is 11.6 Å². The Bertz CT molecular complexity index is 527. The average molecular weight is 277 g/mol. The van der Waals surface area contributed by atoms with Gasteiger partial charge in [-0.05, 0) is 24.7 Å². The summed E-state index contributed by atoms with van der Waals surface area (Å²) in [5, 5.41) is 7.52. The Kier molecular flexibility index (Phi) is 4.87. The summed E-state index contributed by atoms with van der Waals surface area (Å²) in [7, 11) is 5.60. The third-order valence-electron chi connectivity index (χ3n) is 2.94. The molecule has 2 aromatic rings. The molecule has 1 atom stereocenters. The van der Waals surface area contributed by atoms with Crippen LogP contribution in [0, 0.1) is 0 Å². The Morgan fingerprint density at radius 2 is 2.32 bits per heavy atom. The molecule has 19 heavy (non-hydrogen) atoms. The van der Waals surface area contributed by atoms with Crippen molar-refractivity contribution in [2.24, 2.45) is 7.05 Å². The van der Waals surface area contributed by atoms with E-state index in [1.165, 1.54) is 10.5 Å².